The van der Waals surface area contributed by atoms with E-state index < -0.39 is 0 Å². The second-order valence-electron chi connectivity index (χ2n) is 5.35. The lowest BCUT2D eigenvalue weighted by molar-refractivity contribution is 0.0975. The van der Waals surface area contributed by atoms with Crippen molar-refractivity contribution in [2.24, 2.45) is 0 Å². The van der Waals surface area contributed by atoms with Gasteiger partial charge < -0.3 is 4.90 Å². The van der Waals surface area contributed by atoms with Gasteiger partial charge in [0.05, 0.1) is 0 Å². The summed E-state index contributed by atoms with van der Waals surface area (Å²) in [6.07, 6.45) is 1.65. The highest BCUT2D eigenvalue weighted by atomic mass is 79.9. The number of amides is 1. The second kappa shape index (κ2) is 5.60. The first-order chi connectivity index (χ1) is 10.1. The van der Waals surface area contributed by atoms with Crippen LogP contribution in [0.1, 0.15) is 29.3 Å². The highest BCUT2D eigenvalue weighted by Crippen LogP contribution is 2.32. The fourth-order valence-corrected chi connectivity index (χ4v) is 3.19. The van der Waals surface area contributed by atoms with Crippen LogP contribution in [-0.4, -0.2) is 11.9 Å². The molecule has 0 fully saturated rings. The highest BCUT2D eigenvalue weighted by molar-refractivity contribution is 9.10. The van der Waals surface area contributed by atoms with Crippen LogP contribution in [0.15, 0.2) is 46.9 Å². The number of fused-ring (bicyclic) bond motifs is 1. The van der Waals surface area contributed by atoms with Crippen molar-refractivity contribution in [3.63, 3.8) is 0 Å². The van der Waals surface area contributed by atoms with Crippen LogP contribution in [0.5, 0.6) is 0 Å². The van der Waals surface area contributed by atoms with Crippen LogP contribution in [0.25, 0.3) is 0 Å². The summed E-state index contributed by atoms with van der Waals surface area (Å²) < 4.78 is 14.3. The van der Waals surface area contributed by atoms with E-state index in [2.05, 4.69) is 15.9 Å². The third-order valence-corrected chi connectivity index (χ3v) is 4.36. The Labute approximate surface area is 131 Å². The van der Waals surface area contributed by atoms with Crippen molar-refractivity contribution in [1.29, 1.82) is 0 Å². The van der Waals surface area contributed by atoms with Gasteiger partial charge in [-0.3, -0.25) is 4.79 Å². The molecule has 21 heavy (non-hydrogen) atoms. The molecule has 2 nitrogen and oxygen atoms in total. The largest absolute Gasteiger partial charge is 0.305 e. The topological polar surface area (TPSA) is 20.3 Å². The number of carbonyl (C=O) groups is 1. The monoisotopic (exact) mass is 347 g/mol. The number of halogens is 2. The standard InChI is InChI=1S/C17H15BrFNO/c1-11-5-6-12-10-15(19)7-8-16(12)20(11)17(21)13-3-2-4-14(18)9-13/h2-4,7-11H,5-6H2,1H3/t11-/m0/s1. The third kappa shape index (κ3) is 2.72. The van der Waals surface area contributed by atoms with Crippen LogP contribution in [0, 0.1) is 5.82 Å². The summed E-state index contributed by atoms with van der Waals surface area (Å²) in [6, 6.07) is 12.1. The van der Waals surface area contributed by atoms with E-state index in [-0.39, 0.29) is 17.8 Å². The molecule has 1 aliphatic rings. The van der Waals surface area contributed by atoms with Crippen molar-refractivity contribution in [3.05, 3.63) is 63.9 Å². The predicted molar refractivity (Wildman–Crippen MR) is 85.1 cm³/mol. The predicted octanol–water partition coefficient (Wildman–Crippen LogP) is 4.57. The fraction of sp³-hybridized carbons (Fsp3) is 0.235. The molecule has 0 N–H and O–H groups in total. The van der Waals surface area contributed by atoms with Crippen LogP contribution in [-0.2, 0) is 6.42 Å². The molecule has 0 unspecified atom stereocenters. The van der Waals surface area contributed by atoms with Crippen LogP contribution < -0.4 is 4.90 Å². The van der Waals surface area contributed by atoms with Crippen LogP contribution >= 0.6 is 15.9 Å². The third-order valence-electron chi connectivity index (χ3n) is 3.86. The van der Waals surface area contributed by atoms with E-state index >= 15 is 0 Å². The van der Waals surface area contributed by atoms with Crippen LogP contribution in [0.3, 0.4) is 0 Å². The summed E-state index contributed by atoms with van der Waals surface area (Å²) in [6.45, 7) is 2.03. The molecule has 0 spiro atoms. The Morgan fingerprint density at radius 3 is 2.86 bits per heavy atom. The Kier molecular flexibility index (Phi) is 3.81. The van der Waals surface area contributed by atoms with Gasteiger partial charge in [0.2, 0.25) is 0 Å². The maximum atomic E-state index is 13.4. The maximum Gasteiger partial charge on any atom is 0.258 e. The number of anilines is 1. The fourth-order valence-electron chi connectivity index (χ4n) is 2.79. The van der Waals surface area contributed by atoms with Gasteiger partial charge in [0, 0.05) is 21.8 Å². The molecule has 1 atom stereocenters. The van der Waals surface area contributed by atoms with Gasteiger partial charge in [0.15, 0.2) is 0 Å². The number of aryl methyl sites for hydroxylation is 1. The minimum absolute atomic E-state index is 0.0450. The van der Waals surface area contributed by atoms with Gasteiger partial charge in [0.1, 0.15) is 5.82 Å². The molecule has 0 saturated carbocycles. The Morgan fingerprint density at radius 2 is 2.10 bits per heavy atom. The van der Waals surface area contributed by atoms with Crippen molar-refractivity contribution >= 4 is 27.5 Å². The number of carbonyl (C=O) groups excluding carboxylic acids is 1. The summed E-state index contributed by atoms with van der Waals surface area (Å²) in [4.78, 5) is 14.6. The number of hydrogen-bond donors (Lipinski definition) is 0. The molecule has 1 heterocycles. The normalized spacial score (nSPS) is 17.5. The van der Waals surface area contributed by atoms with Gasteiger partial charge >= 0.3 is 0 Å². The van der Waals surface area contributed by atoms with E-state index in [0.29, 0.717) is 5.56 Å². The molecule has 3 rings (SSSR count). The van der Waals surface area contributed by atoms with Gasteiger partial charge in [-0.1, -0.05) is 22.0 Å². The molecule has 0 aliphatic carbocycles. The number of hydrogen-bond acceptors (Lipinski definition) is 1. The average Bonchev–Trinajstić information content (AvgIpc) is 2.47. The summed E-state index contributed by atoms with van der Waals surface area (Å²) in [5.41, 5.74) is 2.35. The molecule has 1 aliphatic heterocycles. The summed E-state index contributed by atoms with van der Waals surface area (Å²) >= 11 is 3.39. The van der Waals surface area contributed by atoms with Crippen molar-refractivity contribution in [2.45, 2.75) is 25.8 Å². The van der Waals surface area contributed by atoms with Crippen molar-refractivity contribution in [1.82, 2.24) is 0 Å². The molecular weight excluding hydrogens is 333 g/mol. The number of nitrogens with zero attached hydrogens (tertiary/aromatic N) is 1. The molecule has 4 heteroatoms. The van der Waals surface area contributed by atoms with E-state index in [0.717, 1.165) is 28.6 Å². The number of rotatable bonds is 1. The quantitative estimate of drug-likeness (QED) is 0.739. The van der Waals surface area contributed by atoms with Gasteiger partial charge in [-0.25, -0.2) is 4.39 Å². The van der Waals surface area contributed by atoms with Gasteiger partial charge in [0.25, 0.3) is 5.91 Å². The Balaban J connectivity index is 2.03. The number of benzene rings is 2. The van der Waals surface area contributed by atoms with E-state index in [4.69, 9.17) is 0 Å². The molecule has 2 aromatic rings. The maximum absolute atomic E-state index is 13.4. The van der Waals surface area contributed by atoms with Crippen molar-refractivity contribution < 1.29 is 9.18 Å². The highest BCUT2D eigenvalue weighted by Gasteiger charge is 2.29. The van der Waals surface area contributed by atoms with E-state index in [9.17, 15) is 9.18 Å². The Morgan fingerprint density at radius 1 is 1.29 bits per heavy atom. The molecule has 0 radical (unpaired) electrons. The molecular formula is C17H15BrFNO. The zero-order valence-electron chi connectivity index (χ0n) is 11.6. The molecule has 1 amide bonds. The van der Waals surface area contributed by atoms with E-state index in [1.165, 1.54) is 12.1 Å². The minimum atomic E-state index is -0.252. The SMILES string of the molecule is C[C@H]1CCc2cc(F)ccc2N1C(=O)c1cccc(Br)c1. The first-order valence-electron chi connectivity index (χ1n) is 6.94. The summed E-state index contributed by atoms with van der Waals surface area (Å²) in [5, 5.41) is 0. The molecule has 108 valence electrons. The van der Waals surface area contributed by atoms with Crippen molar-refractivity contribution in [3.8, 4) is 0 Å². The average molecular weight is 348 g/mol. The van der Waals surface area contributed by atoms with Crippen LogP contribution in [0.4, 0.5) is 10.1 Å². The Bertz CT molecular complexity index is 701. The lowest BCUT2D eigenvalue weighted by Crippen LogP contribution is -2.42. The van der Waals surface area contributed by atoms with Gasteiger partial charge in [-0.05, 0) is 61.7 Å². The summed E-state index contributed by atoms with van der Waals surface area (Å²) in [5.74, 6) is -0.297. The first-order valence-corrected chi connectivity index (χ1v) is 7.73. The zero-order chi connectivity index (χ0) is 15.0. The first kappa shape index (κ1) is 14.3. The van der Waals surface area contributed by atoms with Gasteiger partial charge in [-0.15, -0.1) is 0 Å². The lowest BCUT2D eigenvalue weighted by Gasteiger charge is -2.35. The van der Waals surface area contributed by atoms with Gasteiger partial charge in [-0.2, -0.15) is 0 Å². The van der Waals surface area contributed by atoms with E-state index in [1.54, 1.807) is 17.0 Å². The smallest absolute Gasteiger partial charge is 0.258 e. The second-order valence-corrected chi connectivity index (χ2v) is 6.26. The summed E-state index contributed by atoms with van der Waals surface area (Å²) in [7, 11) is 0. The molecule has 0 bridgehead atoms. The molecule has 0 aromatic heterocycles. The minimum Gasteiger partial charge on any atom is -0.305 e. The lowest BCUT2D eigenvalue weighted by atomic mass is 9.95. The Hall–Kier alpha value is -1.68. The van der Waals surface area contributed by atoms with E-state index in [1.807, 2.05) is 25.1 Å². The molecule has 2 aromatic carbocycles. The molecule has 0 saturated heterocycles. The zero-order valence-corrected chi connectivity index (χ0v) is 13.2. The van der Waals surface area contributed by atoms with Crippen LogP contribution in [0.2, 0.25) is 0 Å². The van der Waals surface area contributed by atoms with Crippen molar-refractivity contribution in [2.75, 3.05) is 4.90 Å².